The second-order valence-electron chi connectivity index (χ2n) is 13.8. The molecule has 4 nitrogen and oxygen atoms in total. The average Bonchev–Trinajstić information content (AvgIpc) is 3.25. The lowest BCUT2D eigenvalue weighted by atomic mass is 9.91. The summed E-state index contributed by atoms with van der Waals surface area (Å²) in [4.78, 5) is 20.1. The molecule has 0 saturated heterocycles. The Kier molecular flexibility index (Phi) is 6.82. The van der Waals surface area contributed by atoms with Gasteiger partial charge in [0, 0.05) is 22.7 Å². The van der Waals surface area contributed by atoms with Crippen LogP contribution in [0, 0.1) is 0 Å². The monoisotopic (exact) mass is 686 g/mol. The molecule has 0 amide bonds. The molecule has 0 atom stereocenters. The van der Waals surface area contributed by atoms with Crippen molar-refractivity contribution in [3.63, 3.8) is 0 Å². The predicted molar refractivity (Wildman–Crippen MR) is 224 cm³/mol. The highest BCUT2D eigenvalue weighted by Gasteiger charge is 2.17. The normalized spacial score (nSPS) is 11.7. The van der Waals surface area contributed by atoms with Gasteiger partial charge in [-0.15, -0.1) is 0 Å². The molecule has 0 N–H and O–H groups in total. The Hall–Kier alpha value is -7.30. The van der Waals surface area contributed by atoms with E-state index in [9.17, 15) is 0 Å². The first-order valence-corrected chi connectivity index (χ1v) is 18.2. The van der Waals surface area contributed by atoms with Gasteiger partial charge >= 0.3 is 0 Å². The smallest absolute Gasteiger partial charge is 0.183 e. The van der Waals surface area contributed by atoms with Crippen LogP contribution in [0.4, 0.5) is 0 Å². The maximum Gasteiger partial charge on any atom is 0.183 e. The van der Waals surface area contributed by atoms with E-state index in [0.29, 0.717) is 17.5 Å². The van der Waals surface area contributed by atoms with Crippen LogP contribution in [-0.4, -0.2) is 19.9 Å². The number of fused-ring (bicyclic) bond motifs is 10. The number of hydrogen-bond acceptors (Lipinski definition) is 4. The van der Waals surface area contributed by atoms with Crippen molar-refractivity contribution in [1.29, 1.82) is 0 Å². The topological polar surface area (TPSA) is 51.6 Å². The van der Waals surface area contributed by atoms with Crippen LogP contribution in [0.2, 0.25) is 0 Å². The molecule has 0 bridgehead atoms. The van der Waals surface area contributed by atoms with Gasteiger partial charge in [0.25, 0.3) is 0 Å². The molecule has 9 aromatic carbocycles. The second kappa shape index (κ2) is 12.1. The van der Waals surface area contributed by atoms with E-state index in [-0.39, 0.29) is 0 Å². The van der Waals surface area contributed by atoms with Gasteiger partial charge in [-0.05, 0) is 94.6 Å². The standard InChI is InChI=1S/C50H30N4/c1-2-11-33(12-3-1)48-52-49(54-50(53-48)47-45-25-22-32-10-4-5-13-38(32)44(45)26-27-51-47)36-21-19-31-18-20-34(28-37(31)29-36)35-23-24-43-41-16-7-6-14-39(41)40-15-8-9-17-42(40)46(43)30-35/h1-30H. The van der Waals surface area contributed by atoms with Crippen LogP contribution in [0.3, 0.4) is 0 Å². The highest BCUT2D eigenvalue weighted by molar-refractivity contribution is 6.25. The molecule has 0 aliphatic rings. The molecular formula is C50H30N4. The summed E-state index contributed by atoms with van der Waals surface area (Å²) in [5.74, 6) is 1.76. The van der Waals surface area contributed by atoms with E-state index in [1.165, 1.54) is 48.7 Å². The van der Waals surface area contributed by atoms with Crippen molar-refractivity contribution in [2.45, 2.75) is 0 Å². The minimum absolute atomic E-state index is 0.546. The summed E-state index contributed by atoms with van der Waals surface area (Å²) in [6, 6.07) is 62.4. The highest BCUT2D eigenvalue weighted by atomic mass is 15.0. The molecule has 0 radical (unpaired) electrons. The molecule has 2 heterocycles. The lowest BCUT2D eigenvalue weighted by Crippen LogP contribution is -2.01. The van der Waals surface area contributed by atoms with Crippen LogP contribution in [0.15, 0.2) is 182 Å². The van der Waals surface area contributed by atoms with Crippen molar-refractivity contribution >= 4 is 64.6 Å². The van der Waals surface area contributed by atoms with Crippen molar-refractivity contribution in [3.05, 3.63) is 182 Å². The third kappa shape index (κ3) is 4.92. The summed E-state index contributed by atoms with van der Waals surface area (Å²) < 4.78 is 0. The molecule has 2 aromatic heterocycles. The summed E-state index contributed by atoms with van der Waals surface area (Å²) in [5.41, 5.74) is 4.92. The number of rotatable bonds is 4. The Bertz CT molecular complexity index is 3240. The fourth-order valence-corrected chi connectivity index (χ4v) is 8.10. The molecule has 54 heavy (non-hydrogen) atoms. The van der Waals surface area contributed by atoms with E-state index in [1.807, 2.05) is 36.5 Å². The maximum absolute atomic E-state index is 5.12. The van der Waals surface area contributed by atoms with Crippen molar-refractivity contribution in [2.24, 2.45) is 0 Å². The largest absolute Gasteiger partial charge is 0.252 e. The van der Waals surface area contributed by atoms with Gasteiger partial charge in [-0.3, -0.25) is 4.98 Å². The van der Waals surface area contributed by atoms with Crippen molar-refractivity contribution < 1.29 is 0 Å². The third-order valence-corrected chi connectivity index (χ3v) is 10.7. The van der Waals surface area contributed by atoms with Gasteiger partial charge < -0.3 is 0 Å². The van der Waals surface area contributed by atoms with Crippen LogP contribution < -0.4 is 0 Å². The zero-order valence-corrected chi connectivity index (χ0v) is 29.1. The molecule has 0 saturated carbocycles. The lowest BCUT2D eigenvalue weighted by molar-refractivity contribution is 1.06. The van der Waals surface area contributed by atoms with E-state index in [4.69, 9.17) is 19.9 Å². The van der Waals surface area contributed by atoms with Gasteiger partial charge in [-0.25, -0.2) is 15.0 Å². The Balaban J connectivity index is 1.07. The Labute approximate surface area is 311 Å². The fourth-order valence-electron chi connectivity index (χ4n) is 8.10. The number of nitrogens with zero attached hydrogens (tertiary/aromatic N) is 4. The molecule has 0 fully saturated rings. The summed E-state index contributed by atoms with van der Waals surface area (Å²) in [5, 5.41) is 14.4. The van der Waals surface area contributed by atoms with Gasteiger partial charge in [-0.1, -0.05) is 152 Å². The summed E-state index contributed by atoms with van der Waals surface area (Å²) in [6.45, 7) is 0. The molecule has 11 rings (SSSR count). The molecule has 0 aliphatic heterocycles. The minimum atomic E-state index is 0.546. The SMILES string of the molecule is c1ccc(-c2nc(-c3ccc4ccc(-c5ccc6c7ccccc7c7ccccc7c6c5)cc4c3)nc(-c3nccc4c3ccc3ccccc34)n2)cc1. The van der Waals surface area contributed by atoms with E-state index in [2.05, 4.69) is 146 Å². The first-order chi connectivity index (χ1) is 26.7. The Morgan fingerprint density at radius 3 is 1.52 bits per heavy atom. The number of hydrogen-bond donors (Lipinski definition) is 0. The van der Waals surface area contributed by atoms with E-state index in [1.54, 1.807) is 0 Å². The van der Waals surface area contributed by atoms with Gasteiger partial charge in [0.05, 0.1) is 0 Å². The van der Waals surface area contributed by atoms with E-state index in [0.717, 1.165) is 43.9 Å². The summed E-state index contributed by atoms with van der Waals surface area (Å²) in [7, 11) is 0. The number of aromatic nitrogens is 4. The van der Waals surface area contributed by atoms with Crippen molar-refractivity contribution in [3.8, 4) is 45.4 Å². The van der Waals surface area contributed by atoms with Crippen LogP contribution in [0.5, 0.6) is 0 Å². The highest BCUT2D eigenvalue weighted by Crippen LogP contribution is 2.38. The van der Waals surface area contributed by atoms with Gasteiger partial charge in [0.15, 0.2) is 17.5 Å². The molecule has 250 valence electrons. The first kappa shape index (κ1) is 30.3. The number of benzene rings is 9. The van der Waals surface area contributed by atoms with E-state index >= 15 is 0 Å². The van der Waals surface area contributed by atoms with Gasteiger partial charge in [0.2, 0.25) is 0 Å². The van der Waals surface area contributed by atoms with Crippen LogP contribution in [0.1, 0.15) is 0 Å². The zero-order chi connectivity index (χ0) is 35.6. The first-order valence-electron chi connectivity index (χ1n) is 18.2. The summed E-state index contributed by atoms with van der Waals surface area (Å²) >= 11 is 0. The molecular weight excluding hydrogens is 657 g/mol. The number of pyridine rings is 1. The molecule has 4 heteroatoms. The Morgan fingerprint density at radius 1 is 0.259 bits per heavy atom. The fraction of sp³-hybridized carbons (Fsp3) is 0. The summed E-state index contributed by atoms with van der Waals surface area (Å²) in [6.07, 6.45) is 1.85. The van der Waals surface area contributed by atoms with Crippen LogP contribution in [-0.2, 0) is 0 Å². The predicted octanol–water partition coefficient (Wildman–Crippen LogP) is 12.9. The Morgan fingerprint density at radius 2 is 0.759 bits per heavy atom. The van der Waals surface area contributed by atoms with Crippen LogP contribution in [0.25, 0.3) is 110 Å². The van der Waals surface area contributed by atoms with E-state index < -0.39 is 0 Å². The molecule has 0 aliphatic carbocycles. The lowest BCUT2D eigenvalue weighted by Gasteiger charge is -2.13. The molecule has 0 unspecified atom stereocenters. The van der Waals surface area contributed by atoms with Crippen LogP contribution >= 0.6 is 0 Å². The van der Waals surface area contributed by atoms with Gasteiger partial charge in [0.1, 0.15) is 5.69 Å². The molecule has 11 aromatic rings. The molecule has 0 spiro atoms. The van der Waals surface area contributed by atoms with Crippen molar-refractivity contribution in [2.75, 3.05) is 0 Å². The zero-order valence-electron chi connectivity index (χ0n) is 29.1. The quantitative estimate of drug-likeness (QED) is 0.173. The second-order valence-corrected chi connectivity index (χ2v) is 13.8. The van der Waals surface area contributed by atoms with Gasteiger partial charge in [-0.2, -0.15) is 0 Å². The van der Waals surface area contributed by atoms with Crippen molar-refractivity contribution in [1.82, 2.24) is 19.9 Å². The average molecular weight is 687 g/mol. The maximum atomic E-state index is 5.12. The third-order valence-electron chi connectivity index (χ3n) is 10.7. The minimum Gasteiger partial charge on any atom is -0.252 e.